The van der Waals surface area contributed by atoms with Gasteiger partial charge in [-0.1, -0.05) is 13.3 Å². The third kappa shape index (κ3) is 2.04. The zero-order valence-electron chi connectivity index (χ0n) is 9.56. The van der Waals surface area contributed by atoms with Crippen LogP contribution in [0.3, 0.4) is 0 Å². The minimum Gasteiger partial charge on any atom is -0.328 e. The van der Waals surface area contributed by atoms with E-state index in [4.69, 9.17) is 5.73 Å². The Hall–Kier alpha value is -0.900. The van der Waals surface area contributed by atoms with Crippen molar-refractivity contribution in [2.45, 2.75) is 44.6 Å². The van der Waals surface area contributed by atoms with E-state index in [9.17, 15) is 0 Å². The van der Waals surface area contributed by atoms with Gasteiger partial charge >= 0.3 is 0 Å². The maximum Gasteiger partial charge on any atom is 0.138 e. The predicted molar refractivity (Wildman–Crippen MR) is 59.4 cm³/mol. The summed E-state index contributed by atoms with van der Waals surface area (Å²) in [5.74, 6) is 2.34. The van der Waals surface area contributed by atoms with Crippen molar-refractivity contribution in [1.82, 2.24) is 14.8 Å². The van der Waals surface area contributed by atoms with Gasteiger partial charge in [-0.2, -0.15) is 5.10 Å². The Morgan fingerprint density at radius 2 is 2.33 bits per heavy atom. The molecule has 0 amide bonds. The summed E-state index contributed by atoms with van der Waals surface area (Å²) >= 11 is 0. The first-order valence-electron chi connectivity index (χ1n) is 5.81. The molecule has 1 aromatic heterocycles. The van der Waals surface area contributed by atoms with Crippen LogP contribution in [0.4, 0.5) is 0 Å². The number of hydrogen-bond donors (Lipinski definition) is 1. The molecule has 2 rings (SSSR count). The summed E-state index contributed by atoms with van der Waals surface area (Å²) in [6, 6.07) is 0.342. The van der Waals surface area contributed by atoms with Gasteiger partial charge in [-0.15, -0.1) is 0 Å². The molecule has 0 aliphatic heterocycles. The van der Waals surface area contributed by atoms with Gasteiger partial charge in [-0.3, -0.25) is 4.68 Å². The van der Waals surface area contributed by atoms with Crippen LogP contribution in [0.2, 0.25) is 0 Å². The first-order valence-corrected chi connectivity index (χ1v) is 5.81. The molecule has 0 radical (unpaired) electrons. The van der Waals surface area contributed by atoms with Crippen LogP contribution in [0.15, 0.2) is 6.33 Å². The lowest BCUT2D eigenvalue weighted by atomic mass is 9.75. The fourth-order valence-electron chi connectivity index (χ4n) is 2.71. The van der Waals surface area contributed by atoms with Crippen molar-refractivity contribution in [3.05, 3.63) is 12.2 Å². The zero-order chi connectivity index (χ0) is 10.8. The summed E-state index contributed by atoms with van der Waals surface area (Å²) in [5.41, 5.74) is 6.04. The predicted octanol–water partition coefficient (Wildman–Crippen LogP) is 1.44. The van der Waals surface area contributed by atoms with Crippen molar-refractivity contribution in [3.63, 3.8) is 0 Å². The summed E-state index contributed by atoms with van der Waals surface area (Å²) in [4.78, 5) is 4.37. The summed E-state index contributed by atoms with van der Waals surface area (Å²) in [7, 11) is 1.97. The Morgan fingerprint density at radius 1 is 1.53 bits per heavy atom. The van der Waals surface area contributed by atoms with Gasteiger partial charge in [-0.05, 0) is 25.2 Å². The quantitative estimate of drug-likeness (QED) is 0.800. The molecule has 4 heteroatoms. The molecule has 1 heterocycles. The van der Waals surface area contributed by atoms with Crippen molar-refractivity contribution in [2.24, 2.45) is 18.7 Å². The van der Waals surface area contributed by atoms with Crippen molar-refractivity contribution in [2.75, 3.05) is 0 Å². The zero-order valence-corrected chi connectivity index (χ0v) is 9.56. The monoisotopic (exact) mass is 208 g/mol. The van der Waals surface area contributed by atoms with E-state index in [2.05, 4.69) is 17.0 Å². The van der Waals surface area contributed by atoms with Gasteiger partial charge < -0.3 is 5.73 Å². The molecule has 4 nitrogen and oxygen atoms in total. The van der Waals surface area contributed by atoms with Crippen LogP contribution in [0.5, 0.6) is 0 Å². The minimum absolute atomic E-state index is 0.342. The van der Waals surface area contributed by atoms with Crippen molar-refractivity contribution in [1.29, 1.82) is 0 Å². The molecule has 1 aromatic rings. The Labute approximate surface area is 90.9 Å². The first kappa shape index (κ1) is 10.6. The third-order valence-corrected chi connectivity index (χ3v) is 3.64. The van der Waals surface area contributed by atoms with Gasteiger partial charge in [0, 0.05) is 19.0 Å². The average molecular weight is 208 g/mol. The second kappa shape index (κ2) is 4.31. The Morgan fingerprint density at radius 3 is 2.93 bits per heavy atom. The molecule has 3 atom stereocenters. The molecule has 0 saturated heterocycles. The lowest BCUT2D eigenvalue weighted by Crippen LogP contribution is -2.33. The van der Waals surface area contributed by atoms with E-state index in [-0.39, 0.29) is 0 Å². The fraction of sp³-hybridized carbons (Fsp3) is 0.818. The number of aryl methyl sites for hydroxylation is 1. The molecule has 0 bridgehead atoms. The van der Waals surface area contributed by atoms with Gasteiger partial charge in [0.1, 0.15) is 12.2 Å². The highest BCUT2D eigenvalue weighted by Crippen LogP contribution is 2.37. The molecule has 84 valence electrons. The number of rotatable bonds is 2. The largest absolute Gasteiger partial charge is 0.328 e. The molecule has 0 aromatic carbocycles. The highest BCUT2D eigenvalue weighted by molar-refractivity contribution is 5.02. The maximum absolute atomic E-state index is 6.04. The molecule has 1 saturated carbocycles. The standard InChI is InChI=1S/C11H20N4/c1-3-8-4-5-9(12)6-10(8)11-13-7-14-15(11)2/h7-10H,3-6,12H2,1-2H3. The van der Waals surface area contributed by atoms with Crippen LogP contribution in [0.1, 0.15) is 44.3 Å². The van der Waals surface area contributed by atoms with Crippen LogP contribution in [-0.4, -0.2) is 20.8 Å². The normalized spacial score (nSPS) is 31.8. The second-order valence-corrected chi connectivity index (χ2v) is 4.59. The van der Waals surface area contributed by atoms with Crippen LogP contribution in [0, 0.1) is 5.92 Å². The lowest BCUT2D eigenvalue weighted by Gasteiger charge is -2.33. The van der Waals surface area contributed by atoms with Crippen LogP contribution < -0.4 is 5.73 Å². The van der Waals surface area contributed by atoms with Gasteiger partial charge in [0.05, 0.1) is 0 Å². The minimum atomic E-state index is 0.342. The number of aromatic nitrogens is 3. The summed E-state index contributed by atoms with van der Waals surface area (Å²) in [5, 5.41) is 4.15. The van der Waals surface area contributed by atoms with E-state index in [1.54, 1.807) is 6.33 Å². The number of hydrogen-bond acceptors (Lipinski definition) is 3. The van der Waals surface area contributed by atoms with Crippen LogP contribution in [0.25, 0.3) is 0 Å². The van der Waals surface area contributed by atoms with Crippen molar-refractivity contribution >= 4 is 0 Å². The number of nitrogens with zero attached hydrogens (tertiary/aromatic N) is 3. The van der Waals surface area contributed by atoms with E-state index in [1.165, 1.54) is 12.8 Å². The lowest BCUT2D eigenvalue weighted by molar-refractivity contribution is 0.260. The van der Waals surface area contributed by atoms with E-state index < -0.39 is 0 Å². The number of nitrogens with two attached hydrogens (primary N) is 1. The van der Waals surface area contributed by atoms with E-state index in [0.29, 0.717) is 12.0 Å². The molecule has 15 heavy (non-hydrogen) atoms. The second-order valence-electron chi connectivity index (χ2n) is 4.59. The van der Waals surface area contributed by atoms with E-state index in [0.717, 1.165) is 24.6 Å². The molecule has 1 fully saturated rings. The Bertz CT molecular complexity index is 320. The van der Waals surface area contributed by atoms with Crippen molar-refractivity contribution in [3.8, 4) is 0 Å². The van der Waals surface area contributed by atoms with Gasteiger partial charge in [0.2, 0.25) is 0 Å². The van der Waals surface area contributed by atoms with Crippen molar-refractivity contribution < 1.29 is 0 Å². The smallest absolute Gasteiger partial charge is 0.138 e. The summed E-state index contributed by atoms with van der Waals surface area (Å²) in [6.45, 7) is 2.25. The summed E-state index contributed by atoms with van der Waals surface area (Å²) < 4.78 is 1.89. The SMILES string of the molecule is CCC1CCC(N)CC1c1ncnn1C. The van der Waals surface area contributed by atoms with E-state index >= 15 is 0 Å². The summed E-state index contributed by atoms with van der Waals surface area (Å²) in [6.07, 6.45) is 6.31. The molecule has 0 spiro atoms. The maximum atomic E-state index is 6.04. The molecule has 3 unspecified atom stereocenters. The third-order valence-electron chi connectivity index (χ3n) is 3.64. The fourth-order valence-corrected chi connectivity index (χ4v) is 2.71. The highest BCUT2D eigenvalue weighted by atomic mass is 15.3. The first-order chi connectivity index (χ1) is 7.22. The Balaban J connectivity index is 2.20. The van der Waals surface area contributed by atoms with Gasteiger partial charge in [0.15, 0.2) is 0 Å². The van der Waals surface area contributed by atoms with E-state index in [1.807, 2.05) is 11.7 Å². The molecular weight excluding hydrogens is 188 g/mol. The Kier molecular flexibility index (Phi) is 3.05. The molecule has 1 aliphatic carbocycles. The highest BCUT2D eigenvalue weighted by Gasteiger charge is 2.31. The molecule has 2 N–H and O–H groups in total. The average Bonchev–Trinajstić information content (AvgIpc) is 2.64. The molecule has 1 aliphatic rings. The van der Waals surface area contributed by atoms with Gasteiger partial charge in [0.25, 0.3) is 0 Å². The van der Waals surface area contributed by atoms with Crippen LogP contribution >= 0.6 is 0 Å². The van der Waals surface area contributed by atoms with Crippen LogP contribution in [-0.2, 0) is 7.05 Å². The van der Waals surface area contributed by atoms with Gasteiger partial charge in [-0.25, -0.2) is 4.98 Å². The molecular formula is C11H20N4. The topological polar surface area (TPSA) is 56.7 Å².